The first-order valence-corrected chi connectivity index (χ1v) is 10.2. The lowest BCUT2D eigenvalue weighted by Crippen LogP contribution is -2.44. The Morgan fingerprint density at radius 3 is 2.18 bits per heavy atom. The molecule has 2 amide bonds. The van der Waals surface area contributed by atoms with Gasteiger partial charge >= 0.3 is 5.97 Å². The fourth-order valence-corrected chi connectivity index (χ4v) is 3.45. The van der Waals surface area contributed by atoms with Crippen molar-refractivity contribution in [2.45, 2.75) is 58.0 Å². The molecule has 0 aliphatic heterocycles. The summed E-state index contributed by atoms with van der Waals surface area (Å²) in [4.78, 5) is 38.9. The number of benzene rings is 1. The molecule has 0 unspecified atom stereocenters. The number of amides is 2. The third-order valence-electron chi connectivity index (χ3n) is 5.08. The minimum Gasteiger partial charge on any atom is -0.481 e. The number of pyridine rings is 1. The topological polar surface area (TPSA) is 118 Å². The van der Waals surface area contributed by atoms with E-state index in [0.717, 1.165) is 12.3 Å². The smallest absolute Gasteiger partial charge is 0.303 e. The molecule has 1 aliphatic carbocycles. The van der Waals surface area contributed by atoms with Gasteiger partial charge in [0.25, 0.3) is 5.91 Å². The van der Waals surface area contributed by atoms with Gasteiger partial charge in [-0.3, -0.25) is 14.4 Å². The average Bonchev–Trinajstić information content (AvgIpc) is 2.76. The molecule has 8 nitrogen and oxygen atoms in total. The molecule has 0 saturated heterocycles. The number of nitrogens with zero attached hydrogens (tertiary/aromatic N) is 1. The molecule has 1 aromatic heterocycles. The molecule has 3 N–H and O–H groups in total. The number of aromatic nitrogens is 1. The van der Waals surface area contributed by atoms with Crippen LogP contribution in [0.15, 0.2) is 36.5 Å². The lowest BCUT2D eigenvalue weighted by atomic mass is 9.91. The average molecular weight is 463 g/mol. The Morgan fingerprint density at radius 2 is 1.58 bits per heavy atom. The largest absolute Gasteiger partial charge is 0.481 e. The maximum absolute atomic E-state index is 13.7. The van der Waals surface area contributed by atoms with Crippen molar-refractivity contribution in [3.8, 4) is 11.6 Å². The van der Waals surface area contributed by atoms with Crippen LogP contribution in [0.1, 0.15) is 56.3 Å². The number of ether oxygens (including phenoxy) is 1. The van der Waals surface area contributed by atoms with Gasteiger partial charge in [0, 0.05) is 18.5 Å². The van der Waals surface area contributed by atoms with E-state index < -0.39 is 23.5 Å². The van der Waals surface area contributed by atoms with Gasteiger partial charge in [-0.05, 0) is 56.0 Å². The van der Waals surface area contributed by atoms with Crippen molar-refractivity contribution in [3.05, 3.63) is 53.7 Å². The quantitative estimate of drug-likeness (QED) is 0.548. The Labute approximate surface area is 190 Å². The van der Waals surface area contributed by atoms with Gasteiger partial charge in [-0.25, -0.2) is 13.8 Å². The van der Waals surface area contributed by atoms with Crippen LogP contribution in [0, 0.1) is 11.6 Å². The second-order valence-electron chi connectivity index (χ2n) is 7.55. The first-order chi connectivity index (χ1) is 15.3. The van der Waals surface area contributed by atoms with E-state index in [1.54, 1.807) is 0 Å². The van der Waals surface area contributed by atoms with Crippen molar-refractivity contribution in [2.75, 3.05) is 0 Å². The number of carbonyl (C=O) groups excluding carboxylic acids is 2. The van der Waals surface area contributed by atoms with Crippen LogP contribution in [-0.4, -0.2) is 40.0 Å². The van der Waals surface area contributed by atoms with Crippen molar-refractivity contribution < 1.29 is 33.0 Å². The van der Waals surface area contributed by atoms with E-state index in [2.05, 4.69) is 15.6 Å². The fraction of sp³-hybridized carbons (Fsp3) is 0.391. The summed E-state index contributed by atoms with van der Waals surface area (Å²) in [5, 5.41) is 14.3. The van der Waals surface area contributed by atoms with E-state index in [1.165, 1.54) is 24.3 Å². The number of nitrogens with one attached hydrogen (secondary N) is 2. The van der Waals surface area contributed by atoms with Crippen LogP contribution < -0.4 is 15.4 Å². The highest BCUT2D eigenvalue weighted by Gasteiger charge is 2.25. The zero-order valence-corrected chi connectivity index (χ0v) is 17.1. The monoisotopic (exact) mass is 463 g/mol. The SMILES string of the molecule is C.O=C(O)CCC(=O)NC1CCC(NC(=O)c2cc(F)cnc2Oc2ccc(F)cc2)CC1. The zero-order chi connectivity index (χ0) is 23.1. The third-order valence-corrected chi connectivity index (χ3v) is 5.08. The summed E-state index contributed by atoms with van der Waals surface area (Å²) in [7, 11) is 0. The highest BCUT2D eigenvalue weighted by Crippen LogP contribution is 2.25. The number of halogens is 2. The number of rotatable bonds is 8. The molecule has 1 aliphatic rings. The Morgan fingerprint density at radius 1 is 0.970 bits per heavy atom. The Balaban J connectivity index is 0.00000385. The number of carboxylic acids is 1. The predicted molar refractivity (Wildman–Crippen MR) is 116 cm³/mol. The summed E-state index contributed by atoms with van der Waals surface area (Å²) in [5.41, 5.74) is -0.0848. The van der Waals surface area contributed by atoms with Crippen LogP contribution in [0.2, 0.25) is 0 Å². The first kappa shape index (κ1) is 25.7. The molecule has 0 radical (unpaired) electrons. The molecule has 0 atom stereocenters. The predicted octanol–water partition coefficient (Wildman–Crippen LogP) is 3.81. The molecule has 33 heavy (non-hydrogen) atoms. The van der Waals surface area contributed by atoms with E-state index in [-0.39, 0.29) is 55.5 Å². The maximum Gasteiger partial charge on any atom is 0.303 e. The van der Waals surface area contributed by atoms with E-state index >= 15 is 0 Å². The van der Waals surface area contributed by atoms with Crippen LogP contribution >= 0.6 is 0 Å². The summed E-state index contributed by atoms with van der Waals surface area (Å²) in [6.45, 7) is 0. The van der Waals surface area contributed by atoms with Gasteiger partial charge in [0.1, 0.15) is 22.9 Å². The van der Waals surface area contributed by atoms with Gasteiger partial charge in [0.2, 0.25) is 11.8 Å². The van der Waals surface area contributed by atoms with Crippen molar-refractivity contribution in [3.63, 3.8) is 0 Å². The number of aliphatic carboxylic acids is 1. The summed E-state index contributed by atoms with van der Waals surface area (Å²) >= 11 is 0. The zero-order valence-electron chi connectivity index (χ0n) is 17.1. The maximum atomic E-state index is 13.7. The van der Waals surface area contributed by atoms with E-state index in [4.69, 9.17) is 9.84 Å². The van der Waals surface area contributed by atoms with Crippen LogP contribution in [0.5, 0.6) is 11.6 Å². The lowest BCUT2D eigenvalue weighted by Gasteiger charge is -2.29. The molecule has 1 fully saturated rings. The molecular formula is C23H27F2N3O5. The van der Waals surface area contributed by atoms with Gasteiger partial charge in [-0.2, -0.15) is 0 Å². The number of carboxylic acid groups (broad SMARTS) is 1. The summed E-state index contributed by atoms with van der Waals surface area (Å²) < 4.78 is 32.4. The van der Waals surface area contributed by atoms with Crippen LogP contribution in [0.3, 0.4) is 0 Å². The van der Waals surface area contributed by atoms with Crippen LogP contribution in [-0.2, 0) is 9.59 Å². The van der Waals surface area contributed by atoms with Gasteiger partial charge in [-0.15, -0.1) is 0 Å². The van der Waals surface area contributed by atoms with Gasteiger partial charge in [0.05, 0.1) is 12.6 Å². The molecule has 1 aromatic carbocycles. The molecule has 1 saturated carbocycles. The van der Waals surface area contributed by atoms with Gasteiger partial charge < -0.3 is 20.5 Å². The molecular weight excluding hydrogens is 436 g/mol. The molecule has 3 rings (SSSR count). The second kappa shape index (κ2) is 11.9. The van der Waals surface area contributed by atoms with Gasteiger partial charge in [-0.1, -0.05) is 7.43 Å². The number of hydrogen-bond acceptors (Lipinski definition) is 5. The summed E-state index contributed by atoms with van der Waals surface area (Å²) in [6, 6.07) is 5.88. The molecule has 0 spiro atoms. The van der Waals surface area contributed by atoms with E-state index in [9.17, 15) is 23.2 Å². The molecule has 1 heterocycles. The molecule has 0 bridgehead atoms. The van der Waals surface area contributed by atoms with Crippen LogP contribution in [0.4, 0.5) is 8.78 Å². The molecule has 178 valence electrons. The van der Waals surface area contributed by atoms with Crippen molar-refractivity contribution in [2.24, 2.45) is 0 Å². The minimum atomic E-state index is -1.03. The fourth-order valence-electron chi connectivity index (χ4n) is 3.45. The molecule has 2 aromatic rings. The van der Waals surface area contributed by atoms with Gasteiger partial charge in [0.15, 0.2) is 0 Å². The lowest BCUT2D eigenvalue weighted by molar-refractivity contribution is -0.139. The first-order valence-electron chi connectivity index (χ1n) is 10.2. The second-order valence-corrected chi connectivity index (χ2v) is 7.55. The molecule has 10 heteroatoms. The van der Waals surface area contributed by atoms with Crippen molar-refractivity contribution in [1.82, 2.24) is 15.6 Å². The third kappa shape index (κ3) is 7.81. The van der Waals surface area contributed by atoms with Crippen LogP contribution in [0.25, 0.3) is 0 Å². The van der Waals surface area contributed by atoms with E-state index in [1.807, 2.05) is 0 Å². The Kier molecular flexibility index (Phi) is 9.26. The normalized spacial score (nSPS) is 17.4. The van der Waals surface area contributed by atoms with Crippen molar-refractivity contribution in [1.29, 1.82) is 0 Å². The Bertz CT molecular complexity index is 977. The van der Waals surface area contributed by atoms with E-state index in [0.29, 0.717) is 25.7 Å². The summed E-state index contributed by atoms with van der Waals surface area (Å²) in [6.07, 6.45) is 3.04. The highest BCUT2D eigenvalue weighted by molar-refractivity contribution is 5.96. The number of hydrogen-bond donors (Lipinski definition) is 3. The standard InChI is InChI=1S/C22H23F2N3O5.CH4/c23-13-1-7-17(8-2-13)32-22-18(11-14(24)12-25-22)21(31)27-16-5-3-15(4-6-16)26-19(28)9-10-20(29)30;/h1-2,7-8,11-12,15-16H,3-6,9-10H2,(H,26,28)(H,27,31)(H,29,30);1H4. The van der Waals surface area contributed by atoms with Crippen molar-refractivity contribution >= 4 is 17.8 Å². The number of carbonyl (C=O) groups is 3. The highest BCUT2D eigenvalue weighted by atomic mass is 19.1. The Hall–Kier alpha value is -3.56. The summed E-state index contributed by atoms with van der Waals surface area (Å²) in [5.74, 6) is -2.89. The minimum absolute atomic E-state index is 0.